The van der Waals surface area contributed by atoms with Crippen LogP contribution in [0.4, 0.5) is 0 Å². The molecule has 0 aliphatic carbocycles. The van der Waals surface area contributed by atoms with E-state index in [-0.39, 0.29) is 24.4 Å². The molecule has 1 fully saturated rings. The first-order chi connectivity index (χ1) is 11.2. The van der Waals surface area contributed by atoms with Gasteiger partial charge in [0, 0.05) is 6.42 Å². The van der Waals surface area contributed by atoms with Gasteiger partial charge in [-0.1, -0.05) is 42.5 Å². The third-order valence-electron chi connectivity index (χ3n) is 4.91. The molecule has 1 aliphatic rings. The van der Waals surface area contributed by atoms with E-state index in [1.54, 1.807) is 0 Å². The molecule has 0 saturated carbocycles. The van der Waals surface area contributed by atoms with Crippen LogP contribution in [0.2, 0.25) is 0 Å². The predicted molar refractivity (Wildman–Crippen MR) is 103 cm³/mol. The number of carbonyl (C=O) groups is 1. The maximum atomic E-state index is 12.3. The van der Waals surface area contributed by atoms with E-state index in [4.69, 9.17) is 0 Å². The van der Waals surface area contributed by atoms with Gasteiger partial charge >= 0.3 is 0 Å². The Kier molecular flexibility index (Phi) is 7.07. The van der Waals surface area contributed by atoms with Crippen molar-refractivity contribution in [2.75, 3.05) is 13.1 Å². The Hall–Kier alpha value is -1.58. The lowest BCUT2D eigenvalue weighted by Gasteiger charge is -2.23. The quantitative estimate of drug-likeness (QED) is 0.851. The first-order valence-corrected chi connectivity index (χ1v) is 8.72. The molecule has 2 aromatic carbocycles. The van der Waals surface area contributed by atoms with E-state index >= 15 is 0 Å². The second-order valence-electron chi connectivity index (χ2n) is 6.59. The van der Waals surface area contributed by atoms with Gasteiger partial charge in [-0.15, -0.1) is 12.4 Å². The Morgan fingerprint density at radius 2 is 1.88 bits per heavy atom. The van der Waals surface area contributed by atoms with Crippen LogP contribution in [-0.2, 0) is 4.79 Å². The molecular weight excluding hydrogens is 320 g/mol. The number of amides is 1. The Balaban J connectivity index is 0.00000208. The van der Waals surface area contributed by atoms with Gasteiger partial charge in [0.15, 0.2) is 0 Å². The summed E-state index contributed by atoms with van der Waals surface area (Å²) in [6.07, 6.45) is 4.05. The molecule has 1 amide bonds. The van der Waals surface area contributed by atoms with Crippen LogP contribution in [0.25, 0.3) is 10.8 Å². The number of piperidine rings is 1. The largest absolute Gasteiger partial charge is 0.350 e. The molecule has 1 aliphatic heterocycles. The highest BCUT2D eigenvalue weighted by Gasteiger charge is 2.16. The van der Waals surface area contributed by atoms with Gasteiger partial charge in [0.1, 0.15) is 0 Å². The summed E-state index contributed by atoms with van der Waals surface area (Å²) in [4.78, 5) is 12.3. The molecule has 4 heteroatoms. The van der Waals surface area contributed by atoms with Crippen molar-refractivity contribution in [2.24, 2.45) is 5.92 Å². The molecule has 2 aromatic rings. The molecule has 130 valence electrons. The summed E-state index contributed by atoms with van der Waals surface area (Å²) < 4.78 is 0. The summed E-state index contributed by atoms with van der Waals surface area (Å²) in [5, 5.41) is 8.99. The van der Waals surface area contributed by atoms with Crippen LogP contribution in [0.5, 0.6) is 0 Å². The van der Waals surface area contributed by atoms with E-state index in [9.17, 15) is 4.79 Å². The molecule has 0 radical (unpaired) electrons. The van der Waals surface area contributed by atoms with Crippen molar-refractivity contribution in [1.82, 2.24) is 10.6 Å². The van der Waals surface area contributed by atoms with E-state index in [0.29, 0.717) is 12.3 Å². The molecule has 0 bridgehead atoms. The van der Waals surface area contributed by atoms with Gasteiger partial charge in [-0.05, 0) is 61.5 Å². The zero-order valence-corrected chi connectivity index (χ0v) is 15.1. The molecule has 1 heterocycles. The van der Waals surface area contributed by atoms with Crippen LogP contribution >= 0.6 is 12.4 Å². The van der Waals surface area contributed by atoms with E-state index in [2.05, 4.69) is 54.0 Å². The van der Waals surface area contributed by atoms with Gasteiger partial charge in [-0.2, -0.15) is 0 Å². The molecule has 1 atom stereocenters. The Bertz CT molecular complexity index is 662. The van der Waals surface area contributed by atoms with E-state index in [0.717, 1.165) is 19.5 Å². The average Bonchev–Trinajstić information content (AvgIpc) is 2.60. The minimum Gasteiger partial charge on any atom is -0.350 e. The van der Waals surface area contributed by atoms with Gasteiger partial charge in [0.05, 0.1) is 6.04 Å². The van der Waals surface area contributed by atoms with Gasteiger partial charge in [0.25, 0.3) is 0 Å². The van der Waals surface area contributed by atoms with Crippen LogP contribution in [0.1, 0.15) is 44.2 Å². The summed E-state index contributed by atoms with van der Waals surface area (Å²) in [6.45, 7) is 4.27. The normalized spacial score (nSPS) is 16.4. The highest BCUT2D eigenvalue weighted by atomic mass is 35.5. The van der Waals surface area contributed by atoms with Crippen LogP contribution < -0.4 is 10.6 Å². The van der Waals surface area contributed by atoms with Crippen molar-refractivity contribution >= 4 is 29.1 Å². The minimum atomic E-state index is 0. The van der Waals surface area contributed by atoms with Gasteiger partial charge in [-0.25, -0.2) is 0 Å². The minimum absolute atomic E-state index is 0. The number of nitrogens with one attached hydrogen (secondary N) is 2. The van der Waals surface area contributed by atoms with Crippen molar-refractivity contribution in [3.63, 3.8) is 0 Å². The number of halogens is 1. The number of hydrogen-bond donors (Lipinski definition) is 2. The topological polar surface area (TPSA) is 41.1 Å². The maximum Gasteiger partial charge on any atom is 0.220 e. The molecular formula is C20H27ClN2O. The van der Waals surface area contributed by atoms with Crippen molar-refractivity contribution in [2.45, 2.75) is 38.6 Å². The zero-order valence-electron chi connectivity index (χ0n) is 14.3. The molecule has 1 saturated heterocycles. The van der Waals surface area contributed by atoms with E-state index in [1.807, 2.05) is 6.07 Å². The number of hydrogen-bond acceptors (Lipinski definition) is 2. The van der Waals surface area contributed by atoms with Crippen molar-refractivity contribution in [1.29, 1.82) is 0 Å². The zero-order chi connectivity index (χ0) is 16.1. The van der Waals surface area contributed by atoms with Gasteiger partial charge < -0.3 is 10.6 Å². The van der Waals surface area contributed by atoms with Crippen molar-refractivity contribution < 1.29 is 4.79 Å². The summed E-state index contributed by atoms with van der Waals surface area (Å²) >= 11 is 0. The second kappa shape index (κ2) is 9.05. The molecule has 3 rings (SSSR count). The fourth-order valence-electron chi connectivity index (χ4n) is 3.53. The number of carbonyl (C=O) groups excluding carboxylic acids is 1. The molecule has 0 spiro atoms. The van der Waals surface area contributed by atoms with Gasteiger partial charge in [0.2, 0.25) is 5.91 Å². The third kappa shape index (κ3) is 4.71. The first-order valence-electron chi connectivity index (χ1n) is 8.72. The van der Waals surface area contributed by atoms with E-state index < -0.39 is 0 Å². The maximum absolute atomic E-state index is 12.3. The summed E-state index contributed by atoms with van der Waals surface area (Å²) in [5.41, 5.74) is 1.19. The van der Waals surface area contributed by atoms with Crippen LogP contribution in [0, 0.1) is 5.92 Å². The lowest BCUT2D eigenvalue weighted by Crippen LogP contribution is -2.30. The summed E-state index contributed by atoms with van der Waals surface area (Å²) in [6, 6.07) is 14.7. The molecule has 2 N–H and O–H groups in total. The highest BCUT2D eigenvalue weighted by Crippen LogP contribution is 2.24. The summed E-state index contributed by atoms with van der Waals surface area (Å²) in [7, 11) is 0. The Labute approximate surface area is 150 Å². The highest BCUT2D eigenvalue weighted by molar-refractivity contribution is 5.87. The standard InChI is InChI=1S/C20H26N2O.ClH/c1-15(18-8-4-6-17-5-2-3-7-19(17)18)22-20(23)10-9-16-11-13-21-14-12-16;/h2-8,15-16,21H,9-14H2,1H3,(H,22,23);1H. The van der Waals surface area contributed by atoms with Crippen LogP contribution in [-0.4, -0.2) is 19.0 Å². The number of benzene rings is 2. The predicted octanol–water partition coefficient (Wildman–Crippen LogP) is 4.22. The fraction of sp³-hybridized carbons (Fsp3) is 0.450. The average molecular weight is 347 g/mol. The SMILES string of the molecule is CC(NC(=O)CCC1CCNCC1)c1cccc2ccccc12.Cl. The van der Waals surface area contributed by atoms with E-state index in [1.165, 1.54) is 29.2 Å². The molecule has 1 unspecified atom stereocenters. The Morgan fingerprint density at radius 3 is 2.67 bits per heavy atom. The van der Waals surface area contributed by atoms with Crippen LogP contribution in [0.15, 0.2) is 42.5 Å². The van der Waals surface area contributed by atoms with Crippen LogP contribution in [0.3, 0.4) is 0 Å². The van der Waals surface area contributed by atoms with Crippen molar-refractivity contribution in [3.05, 3.63) is 48.0 Å². The second-order valence-corrected chi connectivity index (χ2v) is 6.59. The molecule has 24 heavy (non-hydrogen) atoms. The monoisotopic (exact) mass is 346 g/mol. The smallest absolute Gasteiger partial charge is 0.220 e. The van der Waals surface area contributed by atoms with Crippen molar-refractivity contribution in [3.8, 4) is 0 Å². The fourth-order valence-corrected chi connectivity index (χ4v) is 3.53. The molecule has 3 nitrogen and oxygen atoms in total. The summed E-state index contributed by atoms with van der Waals surface area (Å²) in [5.74, 6) is 0.874. The molecule has 0 aromatic heterocycles. The third-order valence-corrected chi connectivity index (χ3v) is 4.91. The first kappa shape index (κ1) is 18.8. The number of fused-ring (bicyclic) bond motifs is 1. The van der Waals surface area contributed by atoms with Gasteiger partial charge in [-0.3, -0.25) is 4.79 Å². The Morgan fingerprint density at radius 1 is 1.17 bits per heavy atom. The lowest BCUT2D eigenvalue weighted by atomic mass is 9.93. The lowest BCUT2D eigenvalue weighted by molar-refractivity contribution is -0.122. The number of rotatable bonds is 5.